The molecule has 0 aromatic heterocycles. The Morgan fingerprint density at radius 3 is 2.41 bits per heavy atom. The number of hydrogen-bond donors (Lipinski definition) is 2. The molecule has 2 rings (SSSR count). The lowest BCUT2D eigenvalue weighted by Crippen LogP contribution is -2.42. The van der Waals surface area contributed by atoms with Crippen molar-refractivity contribution < 1.29 is 28.6 Å². The minimum absolute atomic E-state index is 0.0227. The minimum atomic E-state index is -1.16. The molecule has 0 aliphatic heterocycles. The fourth-order valence-corrected chi connectivity index (χ4v) is 2.53. The summed E-state index contributed by atoms with van der Waals surface area (Å²) >= 11 is 0. The lowest BCUT2D eigenvalue weighted by atomic mass is 10.0. The van der Waals surface area contributed by atoms with Crippen LogP contribution < -0.4 is 10.1 Å². The third kappa shape index (κ3) is 5.91. The molecule has 2 N–H and O–H groups in total. The number of carboxylic acids is 1. The lowest BCUT2D eigenvalue weighted by molar-refractivity contribution is -0.141. The number of ether oxygens (including phenoxy) is 1. The molecule has 0 bridgehead atoms. The van der Waals surface area contributed by atoms with Gasteiger partial charge >= 0.3 is 5.97 Å². The van der Waals surface area contributed by atoms with Crippen molar-refractivity contribution in [1.82, 2.24) is 5.32 Å². The zero-order valence-corrected chi connectivity index (χ0v) is 14.8. The summed E-state index contributed by atoms with van der Waals surface area (Å²) in [6.07, 6.45) is -0.208. The quantitative estimate of drug-likeness (QED) is 0.659. The Labute approximate surface area is 156 Å². The Kier molecular flexibility index (Phi) is 7.05. The highest BCUT2D eigenvalue weighted by atomic mass is 19.1. The van der Waals surface area contributed by atoms with Gasteiger partial charge in [-0.25, -0.2) is 9.18 Å². The van der Waals surface area contributed by atoms with E-state index in [2.05, 4.69) is 5.32 Å². The van der Waals surface area contributed by atoms with Gasteiger partial charge in [0.15, 0.2) is 17.3 Å². The minimum Gasteiger partial charge on any atom is -0.494 e. The van der Waals surface area contributed by atoms with Gasteiger partial charge in [-0.1, -0.05) is 30.3 Å². The molecular formula is C20H20FNO5. The topological polar surface area (TPSA) is 92.7 Å². The average molecular weight is 373 g/mol. The van der Waals surface area contributed by atoms with Crippen molar-refractivity contribution in [3.8, 4) is 5.75 Å². The van der Waals surface area contributed by atoms with E-state index in [0.29, 0.717) is 0 Å². The molecule has 1 amide bonds. The molecule has 0 fully saturated rings. The number of amides is 1. The molecule has 7 heteroatoms. The van der Waals surface area contributed by atoms with Gasteiger partial charge in [-0.15, -0.1) is 0 Å². The monoisotopic (exact) mass is 373 g/mol. The zero-order chi connectivity index (χ0) is 19.8. The molecule has 2 aromatic rings. The van der Waals surface area contributed by atoms with E-state index >= 15 is 0 Å². The molecule has 0 heterocycles. The Hall–Kier alpha value is -3.22. The van der Waals surface area contributed by atoms with Gasteiger partial charge in [0.1, 0.15) is 6.04 Å². The molecule has 6 nitrogen and oxygen atoms in total. The number of hydrogen-bond acceptors (Lipinski definition) is 4. The van der Waals surface area contributed by atoms with Crippen molar-refractivity contribution in [3.63, 3.8) is 0 Å². The number of methoxy groups -OCH3 is 1. The van der Waals surface area contributed by atoms with Crippen molar-refractivity contribution in [2.24, 2.45) is 0 Å². The molecule has 0 aliphatic rings. The van der Waals surface area contributed by atoms with Gasteiger partial charge < -0.3 is 15.2 Å². The van der Waals surface area contributed by atoms with Crippen LogP contribution in [0.4, 0.5) is 4.39 Å². The van der Waals surface area contributed by atoms with E-state index in [4.69, 9.17) is 4.74 Å². The fourth-order valence-electron chi connectivity index (χ4n) is 2.53. The molecule has 27 heavy (non-hydrogen) atoms. The lowest BCUT2D eigenvalue weighted by Gasteiger charge is -2.14. The van der Waals surface area contributed by atoms with Crippen LogP contribution in [0.3, 0.4) is 0 Å². The second kappa shape index (κ2) is 9.47. The number of Topliss-reactive ketones (excluding diaryl/α,β-unsaturated/α-hetero) is 1. The smallest absolute Gasteiger partial charge is 0.326 e. The van der Waals surface area contributed by atoms with Crippen LogP contribution in [0.25, 0.3) is 0 Å². The van der Waals surface area contributed by atoms with Crippen molar-refractivity contribution >= 4 is 17.7 Å². The number of carboxylic acid groups (broad SMARTS) is 1. The summed E-state index contributed by atoms with van der Waals surface area (Å²) in [6.45, 7) is 0. The molecule has 0 aliphatic carbocycles. The van der Waals surface area contributed by atoms with Crippen molar-refractivity contribution in [1.29, 1.82) is 0 Å². The van der Waals surface area contributed by atoms with Gasteiger partial charge in [0.05, 0.1) is 7.11 Å². The molecule has 2 aromatic carbocycles. The van der Waals surface area contributed by atoms with E-state index in [1.807, 2.05) is 6.07 Å². The van der Waals surface area contributed by atoms with Crippen molar-refractivity contribution in [2.75, 3.05) is 7.11 Å². The number of ketones is 1. The highest BCUT2D eigenvalue weighted by molar-refractivity contribution is 5.98. The summed E-state index contributed by atoms with van der Waals surface area (Å²) in [6, 6.07) is 11.6. The predicted octanol–water partition coefficient (Wildman–Crippen LogP) is 2.61. The SMILES string of the molecule is COc1ccc(C(=O)CCC(=O)N[C@H](Cc2ccccc2)C(=O)O)cc1F. The second-order valence-electron chi connectivity index (χ2n) is 5.92. The van der Waals surface area contributed by atoms with Gasteiger partial charge in [-0.05, 0) is 23.8 Å². The molecular weight excluding hydrogens is 353 g/mol. The number of halogens is 1. The third-order valence-corrected chi connectivity index (χ3v) is 3.97. The van der Waals surface area contributed by atoms with Gasteiger partial charge in [0.25, 0.3) is 0 Å². The maximum absolute atomic E-state index is 13.7. The largest absolute Gasteiger partial charge is 0.494 e. The maximum Gasteiger partial charge on any atom is 0.326 e. The van der Waals surface area contributed by atoms with Crippen LogP contribution in [0.5, 0.6) is 5.75 Å². The van der Waals surface area contributed by atoms with Crippen LogP contribution in [0, 0.1) is 5.82 Å². The van der Waals surface area contributed by atoms with Crippen LogP contribution in [-0.2, 0) is 16.0 Å². The Morgan fingerprint density at radius 2 is 1.81 bits per heavy atom. The van der Waals surface area contributed by atoms with Gasteiger partial charge in [0, 0.05) is 24.8 Å². The fraction of sp³-hybridized carbons (Fsp3) is 0.250. The van der Waals surface area contributed by atoms with E-state index in [9.17, 15) is 23.9 Å². The first-order valence-electron chi connectivity index (χ1n) is 8.33. The van der Waals surface area contributed by atoms with Crippen molar-refractivity contribution in [2.45, 2.75) is 25.3 Å². The Bertz CT molecular complexity index is 822. The zero-order valence-electron chi connectivity index (χ0n) is 14.8. The maximum atomic E-state index is 13.7. The van der Waals surface area contributed by atoms with Gasteiger partial charge in [0.2, 0.25) is 5.91 Å². The summed E-state index contributed by atoms with van der Waals surface area (Å²) in [5.74, 6) is -2.77. The molecule has 142 valence electrons. The summed E-state index contributed by atoms with van der Waals surface area (Å²) in [5, 5.41) is 11.7. The highest BCUT2D eigenvalue weighted by Crippen LogP contribution is 2.19. The van der Waals surface area contributed by atoms with Crippen LogP contribution in [0.1, 0.15) is 28.8 Å². The number of rotatable bonds is 9. The van der Waals surface area contributed by atoms with Crippen molar-refractivity contribution in [3.05, 3.63) is 65.5 Å². The number of aliphatic carboxylic acids is 1. The van der Waals surface area contributed by atoms with E-state index in [1.165, 1.54) is 19.2 Å². The molecule has 0 saturated carbocycles. The third-order valence-electron chi connectivity index (χ3n) is 3.97. The number of carbonyl (C=O) groups is 3. The Balaban J connectivity index is 1.90. The number of carbonyl (C=O) groups excluding carboxylic acids is 2. The summed E-state index contributed by atoms with van der Waals surface area (Å²) in [7, 11) is 1.32. The molecule has 1 atom stereocenters. The molecule has 0 spiro atoms. The summed E-state index contributed by atoms with van der Waals surface area (Å²) in [5.41, 5.74) is 0.898. The first-order valence-corrected chi connectivity index (χ1v) is 8.33. The molecule has 0 unspecified atom stereocenters. The first kappa shape index (κ1) is 20.1. The van der Waals surface area contributed by atoms with E-state index in [-0.39, 0.29) is 30.6 Å². The predicted molar refractivity (Wildman–Crippen MR) is 96.2 cm³/mol. The van der Waals surface area contributed by atoms with Crippen LogP contribution in [0.2, 0.25) is 0 Å². The van der Waals surface area contributed by atoms with Crippen LogP contribution in [0.15, 0.2) is 48.5 Å². The van der Waals surface area contributed by atoms with Crippen LogP contribution in [-0.4, -0.2) is 35.9 Å². The van der Waals surface area contributed by atoms with Gasteiger partial charge in [-0.2, -0.15) is 0 Å². The average Bonchev–Trinajstić information content (AvgIpc) is 2.66. The highest BCUT2D eigenvalue weighted by Gasteiger charge is 2.21. The van der Waals surface area contributed by atoms with E-state index < -0.39 is 29.5 Å². The summed E-state index contributed by atoms with van der Waals surface area (Å²) in [4.78, 5) is 35.5. The molecule has 0 saturated heterocycles. The van der Waals surface area contributed by atoms with Gasteiger partial charge in [-0.3, -0.25) is 9.59 Å². The normalized spacial score (nSPS) is 11.5. The van der Waals surface area contributed by atoms with E-state index in [0.717, 1.165) is 11.6 Å². The van der Waals surface area contributed by atoms with E-state index in [1.54, 1.807) is 24.3 Å². The molecule has 0 radical (unpaired) electrons. The Morgan fingerprint density at radius 1 is 1.11 bits per heavy atom. The first-order chi connectivity index (χ1) is 12.9. The van der Waals surface area contributed by atoms with Crippen LogP contribution >= 0.6 is 0 Å². The summed E-state index contributed by atoms with van der Waals surface area (Å²) < 4.78 is 18.4. The number of nitrogens with one attached hydrogen (secondary N) is 1. The number of benzene rings is 2. The second-order valence-corrected chi connectivity index (χ2v) is 5.92. The standard InChI is InChI=1S/C20H20FNO5/c1-27-18-9-7-14(12-15(18)21)17(23)8-10-19(24)22-16(20(25)26)11-13-5-3-2-4-6-13/h2-7,9,12,16H,8,10-11H2,1H3,(H,22,24)(H,25,26)/t16-/m1/s1.